The molecule has 2 N–H and O–H groups in total. The number of amides is 4. The zero-order valence-electron chi connectivity index (χ0n) is 24.2. The van der Waals surface area contributed by atoms with Gasteiger partial charge in [-0.15, -0.1) is 11.3 Å². The molecule has 42 heavy (non-hydrogen) atoms. The molecule has 2 aromatic carbocycles. The van der Waals surface area contributed by atoms with Crippen molar-refractivity contribution in [1.29, 1.82) is 0 Å². The molecular formula is C32H40N4O5S. The summed E-state index contributed by atoms with van der Waals surface area (Å²) in [5, 5.41) is 7.02. The van der Waals surface area contributed by atoms with Gasteiger partial charge in [0.2, 0.25) is 0 Å². The van der Waals surface area contributed by atoms with Gasteiger partial charge in [-0.3, -0.25) is 19.4 Å². The molecule has 0 unspecified atom stereocenters. The number of carbonyl (C=O) groups excluding carboxylic acids is 3. The van der Waals surface area contributed by atoms with E-state index in [0.29, 0.717) is 30.7 Å². The molecule has 0 atom stereocenters. The van der Waals surface area contributed by atoms with Crippen molar-refractivity contribution < 1.29 is 23.9 Å². The summed E-state index contributed by atoms with van der Waals surface area (Å²) in [6, 6.07) is 17.0. The Balaban J connectivity index is 1.30. The minimum Gasteiger partial charge on any atom is -0.497 e. The molecule has 3 aromatic rings. The Kier molecular flexibility index (Phi) is 10.1. The Hall–Kier alpha value is -3.47. The smallest absolute Gasteiger partial charge is 0.324 e. The van der Waals surface area contributed by atoms with E-state index in [4.69, 9.17) is 9.47 Å². The van der Waals surface area contributed by atoms with Crippen LogP contribution in [0.25, 0.3) is 10.1 Å². The Morgan fingerprint density at radius 2 is 1.81 bits per heavy atom. The summed E-state index contributed by atoms with van der Waals surface area (Å²) >= 11 is 1.37. The van der Waals surface area contributed by atoms with Gasteiger partial charge in [0.05, 0.1) is 25.2 Å². The molecule has 0 spiro atoms. The summed E-state index contributed by atoms with van der Waals surface area (Å²) in [5.41, 5.74) is -0.0760. The molecule has 10 heteroatoms. The minimum absolute atomic E-state index is 0.235. The van der Waals surface area contributed by atoms with E-state index in [9.17, 15) is 14.4 Å². The molecule has 1 saturated carbocycles. The SMILES string of the molecule is COc1ccc2cc(C(=O)NC3(C(=O)N(CCc4ccccc4)C(=O)NCCCN4CCOCC4)CCCC3)sc2c1. The number of urea groups is 1. The highest BCUT2D eigenvalue weighted by atomic mass is 32.1. The van der Waals surface area contributed by atoms with Crippen molar-refractivity contribution in [3.8, 4) is 5.75 Å². The molecule has 0 radical (unpaired) electrons. The predicted molar refractivity (Wildman–Crippen MR) is 164 cm³/mol. The number of morpholine rings is 1. The van der Waals surface area contributed by atoms with Gasteiger partial charge in [-0.1, -0.05) is 43.2 Å². The fourth-order valence-electron chi connectivity index (χ4n) is 5.76. The summed E-state index contributed by atoms with van der Waals surface area (Å²) in [6.07, 6.45) is 3.94. The summed E-state index contributed by atoms with van der Waals surface area (Å²) in [6.45, 7) is 4.82. The first-order valence-electron chi connectivity index (χ1n) is 14.8. The number of nitrogens with one attached hydrogen (secondary N) is 2. The molecule has 1 saturated heterocycles. The largest absolute Gasteiger partial charge is 0.497 e. The number of carbonyl (C=O) groups is 3. The average Bonchev–Trinajstić information content (AvgIpc) is 3.68. The number of ether oxygens (including phenoxy) is 2. The van der Waals surface area contributed by atoms with Crippen molar-refractivity contribution in [3.05, 3.63) is 65.0 Å². The van der Waals surface area contributed by atoms with E-state index in [0.717, 1.165) is 73.5 Å². The number of benzene rings is 2. The fraction of sp³-hybridized carbons (Fsp3) is 0.469. The molecule has 1 aliphatic heterocycles. The zero-order valence-corrected chi connectivity index (χ0v) is 25.0. The van der Waals surface area contributed by atoms with Crippen molar-refractivity contribution in [2.24, 2.45) is 0 Å². The normalized spacial score (nSPS) is 16.7. The first-order valence-corrected chi connectivity index (χ1v) is 15.6. The van der Waals surface area contributed by atoms with Gasteiger partial charge in [0.1, 0.15) is 11.3 Å². The Morgan fingerprint density at radius 3 is 2.55 bits per heavy atom. The van der Waals surface area contributed by atoms with Crippen LogP contribution in [0.2, 0.25) is 0 Å². The van der Waals surface area contributed by atoms with Gasteiger partial charge < -0.3 is 20.1 Å². The van der Waals surface area contributed by atoms with E-state index < -0.39 is 11.6 Å². The number of rotatable bonds is 11. The highest BCUT2D eigenvalue weighted by Crippen LogP contribution is 2.34. The van der Waals surface area contributed by atoms with E-state index in [2.05, 4.69) is 15.5 Å². The molecule has 1 aromatic heterocycles. The Labute approximate surface area is 251 Å². The van der Waals surface area contributed by atoms with Crippen LogP contribution < -0.4 is 15.4 Å². The van der Waals surface area contributed by atoms with Crippen LogP contribution in [-0.4, -0.2) is 86.2 Å². The standard InChI is InChI=1S/C32H40N4O5S/c1-40-26-11-10-25-22-28(42-27(25)23-26)29(37)34-32(13-5-6-14-32)30(38)36(17-12-24-8-3-2-4-9-24)31(39)33-15-7-16-35-18-20-41-21-19-35/h2-4,8-11,22-23H,5-7,12-21H2,1H3,(H,33,39)(H,34,37). The van der Waals surface area contributed by atoms with Crippen molar-refractivity contribution in [1.82, 2.24) is 20.4 Å². The summed E-state index contributed by atoms with van der Waals surface area (Å²) in [4.78, 5) is 45.5. The van der Waals surface area contributed by atoms with E-state index in [1.54, 1.807) is 7.11 Å². The van der Waals surface area contributed by atoms with Gasteiger partial charge in [0.25, 0.3) is 11.8 Å². The number of imide groups is 1. The van der Waals surface area contributed by atoms with Crippen LogP contribution in [0.15, 0.2) is 54.6 Å². The summed E-state index contributed by atoms with van der Waals surface area (Å²) in [7, 11) is 1.61. The lowest BCUT2D eigenvalue weighted by molar-refractivity contribution is -0.134. The maximum absolute atomic E-state index is 14.2. The summed E-state index contributed by atoms with van der Waals surface area (Å²) < 4.78 is 11.7. The molecule has 1 aliphatic carbocycles. The fourth-order valence-corrected chi connectivity index (χ4v) is 6.74. The van der Waals surface area contributed by atoms with Gasteiger partial charge >= 0.3 is 6.03 Å². The van der Waals surface area contributed by atoms with Gasteiger partial charge in [0.15, 0.2) is 0 Å². The second-order valence-corrected chi connectivity index (χ2v) is 12.1. The van der Waals surface area contributed by atoms with E-state index in [-0.39, 0.29) is 18.4 Å². The van der Waals surface area contributed by atoms with Crippen molar-refractivity contribution in [3.63, 3.8) is 0 Å². The highest BCUT2D eigenvalue weighted by Gasteiger charge is 2.46. The topological polar surface area (TPSA) is 100 Å². The quantitative estimate of drug-likeness (QED) is 0.319. The van der Waals surface area contributed by atoms with Crippen LogP contribution >= 0.6 is 11.3 Å². The van der Waals surface area contributed by atoms with Crippen LogP contribution in [-0.2, 0) is 16.0 Å². The van der Waals surface area contributed by atoms with Crippen LogP contribution in [0.5, 0.6) is 5.75 Å². The number of hydrogen-bond donors (Lipinski definition) is 2. The van der Waals surface area contributed by atoms with Crippen molar-refractivity contribution in [2.45, 2.75) is 44.1 Å². The average molecular weight is 593 g/mol. The Morgan fingerprint density at radius 1 is 1.05 bits per heavy atom. The maximum Gasteiger partial charge on any atom is 0.324 e. The van der Waals surface area contributed by atoms with E-state index in [1.807, 2.05) is 54.6 Å². The maximum atomic E-state index is 14.2. The molecule has 5 rings (SSSR count). The van der Waals surface area contributed by atoms with E-state index in [1.165, 1.54) is 16.2 Å². The first-order chi connectivity index (χ1) is 20.5. The van der Waals surface area contributed by atoms with E-state index >= 15 is 0 Å². The third-order valence-corrected chi connectivity index (χ3v) is 9.26. The molecule has 2 fully saturated rings. The van der Waals surface area contributed by atoms with Gasteiger partial charge in [-0.25, -0.2) is 4.79 Å². The predicted octanol–water partition coefficient (Wildman–Crippen LogP) is 4.46. The van der Waals surface area contributed by atoms with Crippen molar-refractivity contribution >= 4 is 39.3 Å². The summed E-state index contributed by atoms with van der Waals surface area (Å²) in [5.74, 6) is 0.0980. The minimum atomic E-state index is -1.12. The molecule has 2 heterocycles. The number of nitrogens with zero attached hydrogens (tertiary/aromatic N) is 2. The highest BCUT2D eigenvalue weighted by molar-refractivity contribution is 7.20. The molecule has 224 valence electrons. The third-order valence-electron chi connectivity index (χ3n) is 8.16. The molecule has 4 amide bonds. The lowest BCUT2D eigenvalue weighted by atomic mass is 9.94. The molecule has 9 nitrogen and oxygen atoms in total. The van der Waals surface area contributed by atoms with Crippen LogP contribution in [0.3, 0.4) is 0 Å². The Bertz CT molecular complexity index is 1370. The van der Waals surface area contributed by atoms with Crippen LogP contribution in [0.4, 0.5) is 4.79 Å². The van der Waals surface area contributed by atoms with Gasteiger partial charge in [0, 0.05) is 30.9 Å². The number of thiophene rings is 1. The second kappa shape index (κ2) is 14.1. The molecule has 2 aliphatic rings. The number of fused-ring (bicyclic) bond motifs is 1. The first kappa shape index (κ1) is 30.0. The number of methoxy groups -OCH3 is 1. The van der Waals surface area contributed by atoms with Crippen molar-refractivity contribution in [2.75, 3.05) is 53.0 Å². The van der Waals surface area contributed by atoms with Gasteiger partial charge in [-0.2, -0.15) is 0 Å². The monoisotopic (exact) mass is 592 g/mol. The zero-order chi connectivity index (χ0) is 29.4. The van der Waals surface area contributed by atoms with Crippen LogP contribution in [0.1, 0.15) is 47.3 Å². The number of hydrogen-bond acceptors (Lipinski definition) is 7. The molecule has 0 bridgehead atoms. The second-order valence-electron chi connectivity index (χ2n) is 11.0. The lowest BCUT2D eigenvalue weighted by Gasteiger charge is -2.34. The lowest BCUT2D eigenvalue weighted by Crippen LogP contribution is -2.61. The van der Waals surface area contributed by atoms with Crippen LogP contribution in [0, 0.1) is 0 Å². The molecular weight excluding hydrogens is 552 g/mol. The third kappa shape index (κ3) is 7.29. The van der Waals surface area contributed by atoms with Gasteiger partial charge in [-0.05, 0) is 67.4 Å².